The maximum Gasteiger partial charge on any atom is 0.414 e. The van der Waals surface area contributed by atoms with Gasteiger partial charge < -0.3 is 19.5 Å². The molecular weight excluding hydrogens is 470 g/mol. The predicted octanol–water partition coefficient (Wildman–Crippen LogP) is 4.30. The standard InChI is InChI=1S/C27H31N3O.C2H2O4/c1-3-30-26-10-5-4-9-24(26)25-18-22(11-12-27(25)30)20-29-15-13-28(14-16-29)19-21-7-6-8-23(17-21)31-2;3-1(4)2(5)6/h4-12,17-18H,3,13-16,19-20H2,1-2H3;(H,3,4)(H,5,6). The van der Waals surface area contributed by atoms with Crippen LogP contribution in [0.1, 0.15) is 18.1 Å². The summed E-state index contributed by atoms with van der Waals surface area (Å²) in [7, 11) is 1.73. The van der Waals surface area contributed by atoms with Crippen molar-refractivity contribution < 1.29 is 24.5 Å². The van der Waals surface area contributed by atoms with Gasteiger partial charge in [0, 0.05) is 67.6 Å². The molecule has 0 atom stereocenters. The molecule has 8 nitrogen and oxygen atoms in total. The Morgan fingerprint density at radius 3 is 1.95 bits per heavy atom. The van der Waals surface area contributed by atoms with Crippen molar-refractivity contribution in [2.24, 2.45) is 0 Å². The van der Waals surface area contributed by atoms with Gasteiger partial charge in [-0.25, -0.2) is 9.59 Å². The fraction of sp³-hybridized carbons (Fsp3) is 0.310. The van der Waals surface area contributed by atoms with Gasteiger partial charge in [0.05, 0.1) is 7.11 Å². The number of aromatic nitrogens is 1. The Bertz CT molecular complexity index is 1380. The fourth-order valence-corrected chi connectivity index (χ4v) is 4.93. The molecule has 0 radical (unpaired) electrons. The van der Waals surface area contributed by atoms with E-state index in [1.54, 1.807) is 7.11 Å². The number of nitrogens with zero attached hydrogens (tertiary/aromatic N) is 3. The molecular formula is C29H33N3O5. The van der Waals surface area contributed by atoms with E-state index < -0.39 is 11.9 Å². The smallest absolute Gasteiger partial charge is 0.414 e. The van der Waals surface area contributed by atoms with Gasteiger partial charge in [-0.15, -0.1) is 0 Å². The third-order valence-electron chi connectivity index (χ3n) is 6.75. The number of aliphatic carboxylic acids is 2. The van der Waals surface area contributed by atoms with Gasteiger partial charge in [0.25, 0.3) is 0 Å². The topological polar surface area (TPSA) is 95.2 Å². The Balaban J connectivity index is 0.000000480. The van der Waals surface area contributed by atoms with Crippen LogP contribution in [0.3, 0.4) is 0 Å². The van der Waals surface area contributed by atoms with Crippen molar-refractivity contribution >= 4 is 33.7 Å². The number of benzene rings is 3. The number of aryl methyl sites for hydroxylation is 1. The highest BCUT2D eigenvalue weighted by atomic mass is 16.5. The zero-order chi connectivity index (χ0) is 26.4. The summed E-state index contributed by atoms with van der Waals surface area (Å²) in [6, 6.07) is 24.2. The first-order valence-corrected chi connectivity index (χ1v) is 12.4. The zero-order valence-electron chi connectivity index (χ0n) is 21.3. The first kappa shape index (κ1) is 26.2. The molecule has 5 rings (SSSR count). The molecule has 1 aromatic heterocycles. The molecule has 0 spiro atoms. The molecule has 194 valence electrons. The van der Waals surface area contributed by atoms with Crippen molar-refractivity contribution in [1.29, 1.82) is 0 Å². The third-order valence-corrected chi connectivity index (χ3v) is 6.75. The van der Waals surface area contributed by atoms with Gasteiger partial charge in [-0.2, -0.15) is 0 Å². The summed E-state index contributed by atoms with van der Waals surface area (Å²) in [5, 5.41) is 17.5. The normalized spacial score (nSPS) is 14.3. The summed E-state index contributed by atoms with van der Waals surface area (Å²) in [6.45, 7) is 9.67. The Hall–Kier alpha value is -3.88. The average Bonchev–Trinajstić information content (AvgIpc) is 3.23. The number of hydrogen-bond acceptors (Lipinski definition) is 5. The summed E-state index contributed by atoms with van der Waals surface area (Å²) >= 11 is 0. The molecule has 0 amide bonds. The Morgan fingerprint density at radius 2 is 1.35 bits per heavy atom. The van der Waals surface area contributed by atoms with Gasteiger partial charge >= 0.3 is 11.9 Å². The van der Waals surface area contributed by atoms with Crippen molar-refractivity contribution in [2.45, 2.75) is 26.6 Å². The Kier molecular flexibility index (Phi) is 8.43. The maximum atomic E-state index is 9.10. The van der Waals surface area contributed by atoms with Crippen molar-refractivity contribution in [3.63, 3.8) is 0 Å². The van der Waals surface area contributed by atoms with Crippen LogP contribution in [0.15, 0.2) is 66.7 Å². The first-order chi connectivity index (χ1) is 17.9. The second kappa shape index (κ2) is 11.9. The molecule has 0 unspecified atom stereocenters. The molecule has 3 aromatic carbocycles. The molecule has 1 aliphatic rings. The van der Waals surface area contributed by atoms with Gasteiger partial charge in [0.15, 0.2) is 0 Å². The number of piperazine rings is 1. The quantitative estimate of drug-likeness (QED) is 0.379. The summed E-state index contributed by atoms with van der Waals surface area (Å²) in [6.07, 6.45) is 0. The van der Waals surface area contributed by atoms with Crippen LogP contribution < -0.4 is 4.74 Å². The molecule has 1 fully saturated rings. The second-order valence-electron chi connectivity index (χ2n) is 9.13. The van der Waals surface area contributed by atoms with E-state index in [4.69, 9.17) is 24.5 Å². The molecule has 0 bridgehead atoms. The van der Waals surface area contributed by atoms with Crippen molar-refractivity contribution in [3.8, 4) is 5.75 Å². The van der Waals surface area contributed by atoms with E-state index in [9.17, 15) is 0 Å². The number of para-hydroxylation sites is 1. The number of carboxylic acids is 2. The zero-order valence-corrected chi connectivity index (χ0v) is 21.3. The van der Waals surface area contributed by atoms with E-state index in [2.05, 4.69) is 82.0 Å². The number of hydrogen-bond donors (Lipinski definition) is 2. The lowest BCUT2D eigenvalue weighted by atomic mass is 10.1. The minimum Gasteiger partial charge on any atom is -0.497 e. The van der Waals surface area contributed by atoms with Gasteiger partial charge in [0.1, 0.15) is 5.75 Å². The van der Waals surface area contributed by atoms with Crippen molar-refractivity contribution in [3.05, 3.63) is 77.9 Å². The average molecular weight is 504 g/mol. The van der Waals surface area contributed by atoms with Crippen LogP contribution in [0.4, 0.5) is 0 Å². The van der Waals surface area contributed by atoms with Crippen LogP contribution in [0, 0.1) is 0 Å². The summed E-state index contributed by atoms with van der Waals surface area (Å²) in [5.41, 5.74) is 5.41. The highest BCUT2D eigenvalue weighted by molar-refractivity contribution is 6.27. The number of rotatable bonds is 6. The van der Waals surface area contributed by atoms with Gasteiger partial charge in [0.2, 0.25) is 0 Å². The van der Waals surface area contributed by atoms with E-state index in [1.165, 1.54) is 32.9 Å². The summed E-state index contributed by atoms with van der Waals surface area (Å²) in [5.74, 6) is -2.71. The maximum absolute atomic E-state index is 9.10. The van der Waals surface area contributed by atoms with E-state index in [0.717, 1.165) is 51.6 Å². The molecule has 1 saturated heterocycles. The number of ether oxygens (including phenoxy) is 1. The molecule has 1 aliphatic heterocycles. The fourth-order valence-electron chi connectivity index (χ4n) is 4.93. The van der Waals surface area contributed by atoms with Gasteiger partial charge in [-0.1, -0.05) is 36.4 Å². The molecule has 0 saturated carbocycles. The van der Waals surface area contributed by atoms with E-state index >= 15 is 0 Å². The number of carboxylic acid groups (broad SMARTS) is 2. The second-order valence-corrected chi connectivity index (χ2v) is 9.13. The Labute approximate surface area is 216 Å². The van der Waals surface area contributed by atoms with E-state index in [0.29, 0.717) is 0 Å². The van der Waals surface area contributed by atoms with Crippen LogP contribution >= 0.6 is 0 Å². The molecule has 2 N–H and O–H groups in total. The highest BCUT2D eigenvalue weighted by Crippen LogP contribution is 2.30. The molecule has 37 heavy (non-hydrogen) atoms. The lowest BCUT2D eigenvalue weighted by Crippen LogP contribution is -2.45. The highest BCUT2D eigenvalue weighted by Gasteiger charge is 2.18. The molecule has 0 aliphatic carbocycles. The summed E-state index contributed by atoms with van der Waals surface area (Å²) < 4.78 is 7.79. The van der Waals surface area contributed by atoms with E-state index in [1.807, 2.05) is 6.07 Å². The van der Waals surface area contributed by atoms with E-state index in [-0.39, 0.29) is 0 Å². The lowest BCUT2D eigenvalue weighted by molar-refractivity contribution is -0.159. The third kappa shape index (κ3) is 6.28. The molecule has 4 aromatic rings. The SMILES string of the molecule is CCn1c2ccccc2c2cc(CN3CCN(Cc4cccc(OC)c4)CC3)ccc21.O=C(O)C(=O)O. The van der Waals surface area contributed by atoms with Crippen LogP contribution in [0.5, 0.6) is 5.75 Å². The lowest BCUT2D eigenvalue weighted by Gasteiger charge is -2.34. The van der Waals surface area contributed by atoms with Crippen molar-refractivity contribution in [2.75, 3.05) is 33.3 Å². The first-order valence-electron chi connectivity index (χ1n) is 12.4. The molecule has 2 heterocycles. The predicted molar refractivity (Wildman–Crippen MR) is 144 cm³/mol. The minimum absolute atomic E-state index is 0.941. The van der Waals surface area contributed by atoms with Gasteiger partial charge in [-0.3, -0.25) is 9.80 Å². The number of methoxy groups -OCH3 is 1. The van der Waals surface area contributed by atoms with Crippen LogP contribution in [-0.2, 0) is 29.2 Å². The number of carbonyl (C=O) groups is 2. The van der Waals surface area contributed by atoms with Crippen LogP contribution in [0.2, 0.25) is 0 Å². The van der Waals surface area contributed by atoms with Gasteiger partial charge in [-0.05, 0) is 48.4 Å². The van der Waals surface area contributed by atoms with Crippen LogP contribution in [0.25, 0.3) is 21.8 Å². The van der Waals surface area contributed by atoms with Crippen molar-refractivity contribution in [1.82, 2.24) is 14.4 Å². The summed E-state index contributed by atoms with van der Waals surface area (Å²) in [4.78, 5) is 23.3. The largest absolute Gasteiger partial charge is 0.497 e. The van der Waals surface area contributed by atoms with Crippen LogP contribution in [-0.4, -0.2) is 69.8 Å². The molecule has 8 heteroatoms. The monoisotopic (exact) mass is 503 g/mol. The Morgan fingerprint density at radius 1 is 0.757 bits per heavy atom. The minimum atomic E-state index is -1.82. The number of fused-ring (bicyclic) bond motifs is 3.